The van der Waals surface area contributed by atoms with Gasteiger partial charge in [0, 0.05) is 51.4 Å². The Labute approximate surface area is 106 Å². The second-order valence-corrected chi connectivity index (χ2v) is 6.73. The van der Waals surface area contributed by atoms with E-state index in [9.17, 15) is 0 Å². The van der Waals surface area contributed by atoms with Gasteiger partial charge in [-0.1, -0.05) is 0 Å². The van der Waals surface area contributed by atoms with Gasteiger partial charge >= 0.3 is 0 Å². The van der Waals surface area contributed by atoms with Crippen LogP contribution >= 0.6 is 0 Å². The summed E-state index contributed by atoms with van der Waals surface area (Å²) in [6.45, 7) is 12.7. The van der Waals surface area contributed by atoms with Gasteiger partial charge in [0.25, 0.3) is 0 Å². The predicted molar refractivity (Wildman–Crippen MR) is 71.2 cm³/mol. The molecular formula is C14H27N3. The third kappa shape index (κ3) is 2.25. The zero-order valence-electron chi connectivity index (χ0n) is 11.6. The molecule has 3 unspecified atom stereocenters. The van der Waals surface area contributed by atoms with Crippen LogP contribution in [0, 0.1) is 11.8 Å². The zero-order valence-corrected chi connectivity index (χ0v) is 11.6. The van der Waals surface area contributed by atoms with Crippen LogP contribution in [0.4, 0.5) is 0 Å². The lowest BCUT2D eigenvalue weighted by atomic mass is 10.0. The molecule has 3 aliphatic rings. The topological polar surface area (TPSA) is 9.72 Å². The lowest BCUT2D eigenvalue weighted by Crippen LogP contribution is -2.39. The van der Waals surface area contributed by atoms with E-state index in [1.54, 1.807) is 0 Å². The van der Waals surface area contributed by atoms with Crippen molar-refractivity contribution in [1.82, 2.24) is 14.7 Å². The van der Waals surface area contributed by atoms with E-state index >= 15 is 0 Å². The first kappa shape index (κ1) is 11.9. The molecule has 3 heterocycles. The maximum Gasteiger partial charge on any atom is 0.0235 e. The average Bonchev–Trinajstić information content (AvgIpc) is 2.87. The molecule has 0 aromatic heterocycles. The number of nitrogens with zero attached hydrogens (tertiary/aromatic N) is 3. The Morgan fingerprint density at radius 2 is 1.59 bits per heavy atom. The first-order valence-electron chi connectivity index (χ1n) is 7.30. The fourth-order valence-corrected chi connectivity index (χ4v) is 4.10. The lowest BCUT2D eigenvalue weighted by molar-refractivity contribution is 0.195. The highest BCUT2D eigenvalue weighted by Gasteiger charge is 2.42. The van der Waals surface area contributed by atoms with Crippen LogP contribution in [0.2, 0.25) is 0 Å². The molecule has 0 aromatic carbocycles. The molecule has 3 heteroatoms. The molecule has 17 heavy (non-hydrogen) atoms. The van der Waals surface area contributed by atoms with Crippen LogP contribution in [0.25, 0.3) is 0 Å². The van der Waals surface area contributed by atoms with E-state index in [-0.39, 0.29) is 0 Å². The second-order valence-electron chi connectivity index (χ2n) is 6.73. The Hall–Kier alpha value is -0.120. The molecule has 0 bridgehead atoms. The van der Waals surface area contributed by atoms with Crippen molar-refractivity contribution in [3.63, 3.8) is 0 Å². The SMILES string of the molecule is CC(C)N1CCC(N2CC3CN(C)CC3C2)C1. The van der Waals surface area contributed by atoms with Crippen LogP contribution in [-0.2, 0) is 0 Å². The molecule has 3 aliphatic heterocycles. The summed E-state index contributed by atoms with van der Waals surface area (Å²) in [6, 6.07) is 1.58. The molecule has 3 nitrogen and oxygen atoms in total. The highest BCUT2D eigenvalue weighted by Crippen LogP contribution is 2.33. The average molecular weight is 237 g/mol. The molecular weight excluding hydrogens is 210 g/mol. The molecule has 3 saturated heterocycles. The minimum Gasteiger partial charge on any atom is -0.306 e. The smallest absolute Gasteiger partial charge is 0.0235 e. The summed E-state index contributed by atoms with van der Waals surface area (Å²) in [7, 11) is 2.28. The third-order valence-electron chi connectivity index (χ3n) is 5.14. The number of hydrogen-bond acceptors (Lipinski definition) is 3. The second kappa shape index (κ2) is 4.52. The summed E-state index contributed by atoms with van der Waals surface area (Å²) < 4.78 is 0. The van der Waals surface area contributed by atoms with E-state index in [4.69, 9.17) is 0 Å². The number of fused-ring (bicyclic) bond motifs is 1. The highest BCUT2D eigenvalue weighted by molar-refractivity contribution is 4.96. The van der Waals surface area contributed by atoms with Gasteiger partial charge < -0.3 is 4.90 Å². The van der Waals surface area contributed by atoms with Gasteiger partial charge in [-0.15, -0.1) is 0 Å². The van der Waals surface area contributed by atoms with Crippen molar-refractivity contribution in [3.05, 3.63) is 0 Å². The Morgan fingerprint density at radius 3 is 2.12 bits per heavy atom. The van der Waals surface area contributed by atoms with Crippen LogP contribution in [0.3, 0.4) is 0 Å². The third-order valence-corrected chi connectivity index (χ3v) is 5.14. The van der Waals surface area contributed by atoms with E-state index in [2.05, 4.69) is 35.6 Å². The van der Waals surface area contributed by atoms with E-state index < -0.39 is 0 Å². The molecule has 98 valence electrons. The largest absolute Gasteiger partial charge is 0.306 e. The fraction of sp³-hybridized carbons (Fsp3) is 1.00. The van der Waals surface area contributed by atoms with Crippen molar-refractivity contribution in [2.45, 2.75) is 32.4 Å². The van der Waals surface area contributed by atoms with Crippen LogP contribution < -0.4 is 0 Å². The first-order valence-corrected chi connectivity index (χ1v) is 7.30. The van der Waals surface area contributed by atoms with Crippen molar-refractivity contribution < 1.29 is 0 Å². The molecule has 0 radical (unpaired) electrons. The summed E-state index contributed by atoms with van der Waals surface area (Å²) in [5.41, 5.74) is 0. The quantitative estimate of drug-likeness (QED) is 0.708. The molecule has 0 N–H and O–H groups in total. The molecule has 0 aromatic rings. The predicted octanol–water partition coefficient (Wildman–Crippen LogP) is 0.963. The minimum atomic E-state index is 0.730. The van der Waals surface area contributed by atoms with Crippen LogP contribution in [-0.4, -0.2) is 73.1 Å². The number of likely N-dealkylation sites (tertiary alicyclic amines) is 3. The highest BCUT2D eigenvalue weighted by atomic mass is 15.3. The van der Waals surface area contributed by atoms with E-state index in [0.29, 0.717) is 0 Å². The Bertz CT molecular complexity index is 265. The van der Waals surface area contributed by atoms with Gasteiger partial charge in [0.2, 0.25) is 0 Å². The van der Waals surface area contributed by atoms with Crippen molar-refractivity contribution in [2.75, 3.05) is 46.3 Å². The van der Waals surface area contributed by atoms with Gasteiger partial charge in [-0.3, -0.25) is 9.80 Å². The maximum atomic E-state index is 2.80. The Morgan fingerprint density at radius 1 is 0.941 bits per heavy atom. The fourth-order valence-electron chi connectivity index (χ4n) is 4.10. The van der Waals surface area contributed by atoms with Crippen LogP contribution in [0.1, 0.15) is 20.3 Å². The summed E-state index contributed by atoms with van der Waals surface area (Å²) in [4.78, 5) is 7.96. The van der Waals surface area contributed by atoms with Crippen molar-refractivity contribution in [2.24, 2.45) is 11.8 Å². The Kier molecular flexibility index (Phi) is 3.18. The van der Waals surface area contributed by atoms with E-state index in [0.717, 1.165) is 23.9 Å². The first-order chi connectivity index (χ1) is 8.13. The van der Waals surface area contributed by atoms with E-state index in [1.807, 2.05) is 0 Å². The summed E-state index contributed by atoms with van der Waals surface area (Å²) in [6.07, 6.45) is 1.40. The molecule has 0 spiro atoms. The number of rotatable bonds is 2. The van der Waals surface area contributed by atoms with Gasteiger partial charge in [-0.2, -0.15) is 0 Å². The zero-order chi connectivity index (χ0) is 12.0. The van der Waals surface area contributed by atoms with Crippen molar-refractivity contribution in [3.8, 4) is 0 Å². The summed E-state index contributed by atoms with van der Waals surface area (Å²) in [5.74, 6) is 1.93. The summed E-state index contributed by atoms with van der Waals surface area (Å²) >= 11 is 0. The summed E-state index contributed by atoms with van der Waals surface area (Å²) in [5, 5.41) is 0. The minimum absolute atomic E-state index is 0.730. The molecule has 3 fully saturated rings. The van der Waals surface area contributed by atoms with Gasteiger partial charge in [-0.25, -0.2) is 0 Å². The van der Waals surface area contributed by atoms with Gasteiger partial charge in [-0.05, 0) is 39.2 Å². The Balaban J connectivity index is 1.55. The van der Waals surface area contributed by atoms with Crippen molar-refractivity contribution in [1.29, 1.82) is 0 Å². The van der Waals surface area contributed by atoms with E-state index in [1.165, 1.54) is 45.7 Å². The molecule has 0 aliphatic carbocycles. The molecule has 3 atom stereocenters. The monoisotopic (exact) mass is 237 g/mol. The standard InChI is InChI=1S/C14H27N3/c1-11(2)16-5-4-14(10-16)17-8-12-6-15(3)7-13(12)9-17/h11-14H,4-10H2,1-3H3. The number of hydrogen-bond donors (Lipinski definition) is 0. The van der Waals surface area contributed by atoms with Crippen LogP contribution in [0.15, 0.2) is 0 Å². The van der Waals surface area contributed by atoms with Crippen LogP contribution in [0.5, 0.6) is 0 Å². The van der Waals surface area contributed by atoms with Gasteiger partial charge in [0.1, 0.15) is 0 Å². The van der Waals surface area contributed by atoms with Gasteiger partial charge in [0.05, 0.1) is 0 Å². The molecule has 0 amide bonds. The lowest BCUT2D eigenvalue weighted by Gasteiger charge is -2.27. The molecule has 3 rings (SSSR count). The van der Waals surface area contributed by atoms with Crippen molar-refractivity contribution >= 4 is 0 Å². The normalized spacial score (nSPS) is 40.6. The molecule has 0 saturated carbocycles. The maximum absolute atomic E-state index is 2.80. The van der Waals surface area contributed by atoms with Gasteiger partial charge in [0.15, 0.2) is 0 Å².